The first-order valence-corrected chi connectivity index (χ1v) is 7.07. The number of benzene rings is 1. The Labute approximate surface area is 125 Å². The number of amides is 1. The summed E-state index contributed by atoms with van der Waals surface area (Å²) in [6.45, 7) is 3.33. The number of anilines is 2. The predicted octanol–water partition coefficient (Wildman–Crippen LogP) is 1.33. The van der Waals surface area contributed by atoms with E-state index in [1.54, 1.807) is 25.3 Å². The van der Waals surface area contributed by atoms with Crippen LogP contribution in [0.2, 0.25) is 0 Å². The first-order valence-electron chi connectivity index (χ1n) is 7.07. The third kappa shape index (κ3) is 3.65. The maximum atomic E-state index is 12.4. The minimum atomic E-state index is -0.251. The summed E-state index contributed by atoms with van der Waals surface area (Å²) in [6.07, 6.45) is 0.958. The molecule has 116 valence electrons. The van der Waals surface area contributed by atoms with Crippen LogP contribution >= 0.6 is 0 Å². The molecule has 1 aromatic carbocycles. The Morgan fingerprint density at radius 1 is 1.57 bits per heavy atom. The summed E-state index contributed by atoms with van der Waals surface area (Å²) < 4.78 is 10.6. The summed E-state index contributed by atoms with van der Waals surface area (Å²) in [6, 6.07) is 5.21. The molecule has 2 unspecified atom stereocenters. The number of hydrogen-bond donors (Lipinski definition) is 2. The number of nitrogens with zero attached hydrogens (tertiary/aromatic N) is 1. The van der Waals surface area contributed by atoms with E-state index >= 15 is 0 Å². The Morgan fingerprint density at radius 3 is 2.95 bits per heavy atom. The highest BCUT2D eigenvalue weighted by molar-refractivity contribution is 5.96. The van der Waals surface area contributed by atoms with Gasteiger partial charge in [-0.25, -0.2) is 0 Å². The van der Waals surface area contributed by atoms with Crippen molar-refractivity contribution in [3.63, 3.8) is 0 Å². The van der Waals surface area contributed by atoms with Gasteiger partial charge in [0.05, 0.1) is 25.4 Å². The van der Waals surface area contributed by atoms with E-state index in [1.807, 2.05) is 18.9 Å². The summed E-state index contributed by atoms with van der Waals surface area (Å²) in [4.78, 5) is 14.4. The van der Waals surface area contributed by atoms with Crippen molar-refractivity contribution in [2.24, 2.45) is 0 Å². The van der Waals surface area contributed by atoms with Crippen LogP contribution in [0, 0.1) is 0 Å². The molecular weight excluding hydrogens is 270 g/mol. The van der Waals surface area contributed by atoms with Crippen LogP contribution < -0.4 is 15.8 Å². The van der Waals surface area contributed by atoms with Gasteiger partial charge in [0.1, 0.15) is 5.75 Å². The van der Waals surface area contributed by atoms with Crippen molar-refractivity contribution < 1.29 is 14.3 Å². The molecule has 2 atom stereocenters. The fourth-order valence-electron chi connectivity index (χ4n) is 2.39. The van der Waals surface area contributed by atoms with E-state index in [0.29, 0.717) is 29.8 Å². The van der Waals surface area contributed by atoms with Crippen molar-refractivity contribution in [2.45, 2.75) is 25.4 Å². The van der Waals surface area contributed by atoms with E-state index in [1.165, 1.54) is 0 Å². The van der Waals surface area contributed by atoms with Crippen molar-refractivity contribution in [2.75, 3.05) is 38.4 Å². The van der Waals surface area contributed by atoms with Gasteiger partial charge in [0.2, 0.25) is 5.91 Å². The van der Waals surface area contributed by atoms with Gasteiger partial charge < -0.3 is 20.5 Å². The van der Waals surface area contributed by atoms with Crippen molar-refractivity contribution in [3.8, 4) is 5.75 Å². The average Bonchev–Trinajstić information content (AvgIpc) is 3.01. The van der Waals surface area contributed by atoms with Gasteiger partial charge in [0, 0.05) is 24.4 Å². The van der Waals surface area contributed by atoms with Gasteiger partial charge in [-0.1, -0.05) is 0 Å². The lowest BCUT2D eigenvalue weighted by atomic mass is 10.1. The molecule has 1 aromatic rings. The summed E-state index contributed by atoms with van der Waals surface area (Å²) in [5.74, 6) is 0.481. The van der Waals surface area contributed by atoms with Crippen LogP contribution in [0.3, 0.4) is 0 Å². The fraction of sp³-hybridized carbons (Fsp3) is 0.533. The topological polar surface area (TPSA) is 76.8 Å². The van der Waals surface area contributed by atoms with E-state index in [2.05, 4.69) is 5.32 Å². The third-order valence-corrected chi connectivity index (χ3v) is 3.96. The number of methoxy groups -OCH3 is 1. The molecule has 21 heavy (non-hydrogen) atoms. The number of carbonyl (C=O) groups is 1. The molecule has 6 nitrogen and oxygen atoms in total. The van der Waals surface area contributed by atoms with Gasteiger partial charge in [-0.05, 0) is 32.5 Å². The number of likely N-dealkylation sites (N-methyl/N-ethyl adjacent to an activating group) is 1. The van der Waals surface area contributed by atoms with Gasteiger partial charge in [-0.15, -0.1) is 0 Å². The van der Waals surface area contributed by atoms with Crippen molar-refractivity contribution in [3.05, 3.63) is 18.2 Å². The molecule has 3 N–H and O–H groups in total. The second-order valence-electron chi connectivity index (χ2n) is 5.31. The highest BCUT2D eigenvalue weighted by Crippen LogP contribution is 2.27. The lowest BCUT2D eigenvalue weighted by Crippen LogP contribution is -2.45. The zero-order valence-corrected chi connectivity index (χ0v) is 12.8. The molecule has 2 rings (SSSR count). The highest BCUT2D eigenvalue weighted by atomic mass is 16.5. The number of carbonyl (C=O) groups excluding carboxylic acids is 1. The van der Waals surface area contributed by atoms with E-state index in [-0.39, 0.29) is 11.9 Å². The monoisotopic (exact) mass is 293 g/mol. The Hall–Kier alpha value is -1.79. The molecule has 0 aliphatic carbocycles. The van der Waals surface area contributed by atoms with E-state index < -0.39 is 0 Å². The predicted molar refractivity (Wildman–Crippen MR) is 82.5 cm³/mol. The molecule has 1 aliphatic heterocycles. The summed E-state index contributed by atoms with van der Waals surface area (Å²) >= 11 is 0. The van der Waals surface area contributed by atoms with Crippen molar-refractivity contribution in [1.82, 2.24) is 4.90 Å². The zero-order valence-electron chi connectivity index (χ0n) is 12.8. The third-order valence-electron chi connectivity index (χ3n) is 3.96. The van der Waals surface area contributed by atoms with Crippen LogP contribution in [0.15, 0.2) is 18.2 Å². The lowest BCUT2D eigenvalue weighted by molar-refractivity contribution is -0.121. The number of nitrogens with two attached hydrogens (primary N) is 1. The van der Waals surface area contributed by atoms with Gasteiger partial charge in [0.15, 0.2) is 0 Å². The Bertz CT molecular complexity index is 501. The minimum absolute atomic E-state index is 0.0764. The molecule has 1 aliphatic rings. The normalized spacial score (nSPS) is 19.5. The Balaban J connectivity index is 2.03. The maximum absolute atomic E-state index is 12.4. The molecule has 1 amide bonds. The van der Waals surface area contributed by atoms with Crippen LogP contribution in [0.1, 0.15) is 13.3 Å². The Morgan fingerprint density at radius 2 is 2.33 bits per heavy atom. The van der Waals surface area contributed by atoms with Crippen LogP contribution in [0.5, 0.6) is 5.75 Å². The van der Waals surface area contributed by atoms with E-state index in [9.17, 15) is 4.79 Å². The number of ether oxygens (including phenoxy) is 2. The number of rotatable bonds is 5. The molecule has 0 bridgehead atoms. The van der Waals surface area contributed by atoms with Crippen molar-refractivity contribution >= 4 is 17.3 Å². The number of hydrogen-bond acceptors (Lipinski definition) is 5. The first-order chi connectivity index (χ1) is 10.0. The molecule has 0 saturated carbocycles. The SMILES string of the molecule is COc1cc(N)ccc1NC(=O)C(C)N(C)C1CCOC1. The lowest BCUT2D eigenvalue weighted by Gasteiger charge is -2.28. The summed E-state index contributed by atoms with van der Waals surface area (Å²) in [5, 5.41) is 2.89. The smallest absolute Gasteiger partial charge is 0.241 e. The molecule has 1 fully saturated rings. The van der Waals surface area contributed by atoms with Crippen molar-refractivity contribution in [1.29, 1.82) is 0 Å². The average molecular weight is 293 g/mol. The summed E-state index contributed by atoms with van der Waals surface area (Å²) in [7, 11) is 3.50. The number of nitrogens with one attached hydrogen (secondary N) is 1. The molecular formula is C15H23N3O3. The van der Waals surface area contributed by atoms with Gasteiger partial charge in [0.25, 0.3) is 0 Å². The largest absolute Gasteiger partial charge is 0.494 e. The zero-order chi connectivity index (χ0) is 15.4. The second-order valence-corrected chi connectivity index (χ2v) is 5.31. The van der Waals surface area contributed by atoms with Gasteiger partial charge in [-0.3, -0.25) is 9.69 Å². The molecule has 0 aromatic heterocycles. The quantitative estimate of drug-likeness (QED) is 0.801. The fourth-order valence-corrected chi connectivity index (χ4v) is 2.39. The maximum Gasteiger partial charge on any atom is 0.241 e. The van der Waals surface area contributed by atoms with Gasteiger partial charge in [-0.2, -0.15) is 0 Å². The Kier molecular flexibility index (Phi) is 5.03. The minimum Gasteiger partial charge on any atom is -0.494 e. The van der Waals surface area contributed by atoms with Crippen LogP contribution in [-0.4, -0.2) is 50.3 Å². The molecule has 1 heterocycles. The molecule has 0 radical (unpaired) electrons. The highest BCUT2D eigenvalue weighted by Gasteiger charge is 2.28. The number of nitrogen functional groups attached to an aromatic ring is 1. The van der Waals surface area contributed by atoms with E-state index in [4.69, 9.17) is 15.2 Å². The van der Waals surface area contributed by atoms with E-state index in [0.717, 1.165) is 13.0 Å². The molecule has 6 heteroatoms. The standard InChI is InChI=1S/C15H23N3O3/c1-10(18(2)12-6-7-21-9-12)15(19)17-13-5-4-11(16)8-14(13)20-3/h4-5,8,10,12H,6-7,9,16H2,1-3H3,(H,17,19). The first kappa shape index (κ1) is 15.6. The second kappa shape index (κ2) is 6.78. The van der Waals surface area contributed by atoms with Crippen LogP contribution in [0.4, 0.5) is 11.4 Å². The van der Waals surface area contributed by atoms with Crippen LogP contribution in [-0.2, 0) is 9.53 Å². The van der Waals surface area contributed by atoms with Gasteiger partial charge >= 0.3 is 0 Å². The molecule has 0 spiro atoms. The molecule has 1 saturated heterocycles. The van der Waals surface area contributed by atoms with Crippen LogP contribution in [0.25, 0.3) is 0 Å². The summed E-state index contributed by atoms with van der Waals surface area (Å²) in [5.41, 5.74) is 6.93.